The van der Waals surface area contributed by atoms with Gasteiger partial charge in [0, 0.05) is 24.3 Å². The van der Waals surface area contributed by atoms with E-state index < -0.39 is 0 Å². The molecular formula is C15H22N2. The molecule has 1 N–H and O–H groups in total. The number of aryl methyl sites for hydroxylation is 1. The first-order valence-corrected chi connectivity index (χ1v) is 6.97. The van der Waals surface area contributed by atoms with Gasteiger partial charge in [-0.2, -0.15) is 0 Å². The van der Waals surface area contributed by atoms with Gasteiger partial charge in [0.05, 0.1) is 0 Å². The van der Waals surface area contributed by atoms with E-state index in [9.17, 15) is 0 Å². The Labute approximate surface area is 104 Å². The highest BCUT2D eigenvalue weighted by Crippen LogP contribution is 2.30. The van der Waals surface area contributed by atoms with E-state index in [0.717, 1.165) is 12.5 Å². The Balaban J connectivity index is 1.74. The van der Waals surface area contributed by atoms with Crippen LogP contribution in [0, 0.1) is 0 Å². The van der Waals surface area contributed by atoms with E-state index in [2.05, 4.69) is 41.4 Å². The van der Waals surface area contributed by atoms with Crippen LogP contribution < -0.4 is 5.32 Å². The maximum atomic E-state index is 3.79. The Bertz CT molecular complexity index is 388. The second-order valence-electron chi connectivity index (χ2n) is 5.30. The molecule has 2 nitrogen and oxygen atoms in total. The Hall–Kier alpha value is -1.02. The van der Waals surface area contributed by atoms with Crippen LogP contribution in [0.5, 0.6) is 0 Å². The average Bonchev–Trinajstić information content (AvgIpc) is 2.95. The van der Waals surface area contributed by atoms with E-state index in [1.54, 1.807) is 0 Å². The van der Waals surface area contributed by atoms with Crippen LogP contribution in [0.25, 0.3) is 0 Å². The molecule has 0 spiro atoms. The molecule has 1 aromatic carbocycles. The largest absolute Gasteiger partial charge is 0.380 e. The van der Waals surface area contributed by atoms with Crippen molar-refractivity contribution in [3.8, 4) is 0 Å². The summed E-state index contributed by atoms with van der Waals surface area (Å²) in [7, 11) is 0. The van der Waals surface area contributed by atoms with Crippen molar-refractivity contribution in [1.82, 2.24) is 4.90 Å². The average molecular weight is 230 g/mol. The minimum absolute atomic E-state index is 0.671. The van der Waals surface area contributed by atoms with Gasteiger partial charge in [-0.3, -0.25) is 4.90 Å². The molecule has 0 aliphatic carbocycles. The fourth-order valence-corrected chi connectivity index (χ4v) is 3.42. The fraction of sp³-hybridized carbons (Fsp3) is 0.600. The number of rotatable bonds is 3. The van der Waals surface area contributed by atoms with Gasteiger partial charge >= 0.3 is 0 Å². The van der Waals surface area contributed by atoms with E-state index in [-0.39, 0.29) is 0 Å². The lowest BCUT2D eigenvalue weighted by molar-refractivity contribution is 0.318. The molecule has 2 atom stereocenters. The molecule has 0 aromatic heterocycles. The van der Waals surface area contributed by atoms with Gasteiger partial charge in [-0.15, -0.1) is 0 Å². The van der Waals surface area contributed by atoms with E-state index in [1.807, 2.05) is 0 Å². The molecule has 0 radical (unpaired) electrons. The Morgan fingerprint density at radius 1 is 1.24 bits per heavy atom. The van der Waals surface area contributed by atoms with Gasteiger partial charge < -0.3 is 5.32 Å². The highest BCUT2D eigenvalue weighted by atomic mass is 15.2. The van der Waals surface area contributed by atoms with E-state index in [0.29, 0.717) is 6.04 Å². The molecule has 2 unspecified atom stereocenters. The number of hydrogen-bond acceptors (Lipinski definition) is 2. The van der Waals surface area contributed by atoms with Crippen molar-refractivity contribution in [3.05, 3.63) is 29.8 Å². The first-order chi connectivity index (χ1) is 8.38. The van der Waals surface area contributed by atoms with Gasteiger partial charge in [0.2, 0.25) is 0 Å². The number of hydrogen-bond donors (Lipinski definition) is 1. The third-order valence-corrected chi connectivity index (χ3v) is 4.35. The van der Waals surface area contributed by atoms with Crippen molar-refractivity contribution >= 4 is 5.69 Å². The predicted molar refractivity (Wildman–Crippen MR) is 72.4 cm³/mol. The Morgan fingerprint density at radius 3 is 3.00 bits per heavy atom. The zero-order valence-electron chi connectivity index (χ0n) is 10.7. The molecule has 2 heterocycles. The summed E-state index contributed by atoms with van der Waals surface area (Å²) >= 11 is 0. The normalized spacial score (nSPS) is 28.3. The van der Waals surface area contributed by atoms with Gasteiger partial charge in [-0.25, -0.2) is 0 Å². The smallest absolute Gasteiger partial charge is 0.0429 e. The molecule has 2 heteroatoms. The molecule has 2 saturated heterocycles. The molecule has 0 amide bonds. The molecule has 17 heavy (non-hydrogen) atoms. The monoisotopic (exact) mass is 230 g/mol. The van der Waals surface area contributed by atoms with Crippen molar-refractivity contribution in [2.75, 3.05) is 18.4 Å². The van der Waals surface area contributed by atoms with Crippen LogP contribution in [-0.4, -0.2) is 30.1 Å². The van der Waals surface area contributed by atoms with Crippen LogP contribution in [0.2, 0.25) is 0 Å². The van der Waals surface area contributed by atoms with Gasteiger partial charge in [-0.1, -0.05) is 25.1 Å². The first kappa shape index (κ1) is 11.1. The van der Waals surface area contributed by atoms with Gasteiger partial charge in [0.15, 0.2) is 0 Å². The summed E-state index contributed by atoms with van der Waals surface area (Å²) in [6, 6.07) is 10.2. The van der Waals surface area contributed by atoms with Crippen LogP contribution in [0.3, 0.4) is 0 Å². The van der Waals surface area contributed by atoms with Crippen LogP contribution in [-0.2, 0) is 6.42 Å². The zero-order valence-corrected chi connectivity index (χ0v) is 10.7. The highest BCUT2D eigenvalue weighted by Gasteiger charge is 2.37. The van der Waals surface area contributed by atoms with Crippen molar-refractivity contribution in [3.63, 3.8) is 0 Å². The minimum Gasteiger partial charge on any atom is -0.380 e. The highest BCUT2D eigenvalue weighted by molar-refractivity contribution is 5.52. The van der Waals surface area contributed by atoms with Crippen molar-refractivity contribution in [2.24, 2.45) is 0 Å². The number of anilines is 1. The predicted octanol–water partition coefficient (Wildman–Crippen LogP) is 2.90. The second-order valence-corrected chi connectivity index (χ2v) is 5.30. The zero-order chi connectivity index (χ0) is 11.7. The van der Waals surface area contributed by atoms with Crippen LogP contribution in [0.4, 0.5) is 5.69 Å². The number of benzene rings is 1. The molecule has 0 bridgehead atoms. The topological polar surface area (TPSA) is 15.3 Å². The third kappa shape index (κ3) is 2.06. The molecule has 2 aliphatic heterocycles. The quantitative estimate of drug-likeness (QED) is 0.859. The standard InChI is InChI=1S/C15H22N2/c1-2-12-6-3-4-7-13(12)16-14-9-11-17-10-5-8-15(14)17/h3-4,6-7,14-16H,2,5,8-11H2,1H3. The lowest BCUT2D eigenvalue weighted by atomic mass is 10.0. The number of para-hydroxylation sites is 1. The summed E-state index contributed by atoms with van der Waals surface area (Å²) in [5, 5.41) is 3.79. The van der Waals surface area contributed by atoms with Gasteiger partial charge in [0.1, 0.15) is 0 Å². The Morgan fingerprint density at radius 2 is 2.12 bits per heavy atom. The van der Waals surface area contributed by atoms with Crippen molar-refractivity contribution in [2.45, 2.75) is 44.7 Å². The molecular weight excluding hydrogens is 208 g/mol. The molecule has 1 aromatic rings. The lowest BCUT2D eigenvalue weighted by Gasteiger charge is -2.23. The molecule has 92 valence electrons. The fourth-order valence-electron chi connectivity index (χ4n) is 3.42. The summed E-state index contributed by atoms with van der Waals surface area (Å²) in [5.41, 5.74) is 2.80. The van der Waals surface area contributed by atoms with Crippen molar-refractivity contribution < 1.29 is 0 Å². The maximum Gasteiger partial charge on any atom is 0.0429 e. The summed E-state index contributed by atoms with van der Waals surface area (Å²) in [4.78, 5) is 2.66. The summed E-state index contributed by atoms with van der Waals surface area (Å²) in [5.74, 6) is 0. The second kappa shape index (κ2) is 4.69. The Kier molecular flexibility index (Phi) is 3.06. The van der Waals surface area contributed by atoms with Gasteiger partial charge in [-0.05, 0) is 43.9 Å². The first-order valence-electron chi connectivity index (χ1n) is 6.97. The van der Waals surface area contributed by atoms with E-state index >= 15 is 0 Å². The van der Waals surface area contributed by atoms with Gasteiger partial charge in [0.25, 0.3) is 0 Å². The molecule has 3 rings (SSSR count). The SMILES string of the molecule is CCc1ccccc1NC1CCN2CCCC12. The summed E-state index contributed by atoms with van der Waals surface area (Å²) in [6.45, 7) is 4.84. The lowest BCUT2D eigenvalue weighted by Crippen LogP contribution is -2.33. The molecule has 0 saturated carbocycles. The summed E-state index contributed by atoms with van der Waals surface area (Å²) < 4.78 is 0. The minimum atomic E-state index is 0.671. The van der Waals surface area contributed by atoms with Crippen molar-refractivity contribution in [1.29, 1.82) is 0 Å². The van der Waals surface area contributed by atoms with E-state index in [1.165, 1.54) is 43.6 Å². The molecule has 2 fully saturated rings. The van der Waals surface area contributed by atoms with Crippen LogP contribution in [0.1, 0.15) is 31.7 Å². The number of nitrogens with zero attached hydrogens (tertiary/aromatic N) is 1. The van der Waals surface area contributed by atoms with Crippen LogP contribution in [0.15, 0.2) is 24.3 Å². The van der Waals surface area contributed by atoms with Crippen LogP contribution >= 0.6 is 0 Å². The maximum absolute atomic E-state index is 3.79. The summed E-state index contributed by atoms with van der Waals surface area (Å²) in [6.07, 6.45) is 5.19. The third-order valence-electron chi connectivity index (χ3n) is 4.35. The number of fused-ring (bicyclic) bond motifs is 1. The number of nitrogens with one attached hydrogen (secondary N) is 1. The molecule has 2 aliphatic rings. The van der Waals surface area contributed by atoms with E-state index in [4.69, 9.17) is 0 Å².